The predicted molar refractivity (Wildman–Crippen MR) is 224 cm³/mol. The lowest BCUT2D eigenvalue weighted by molar-refractivity contribution is 0.601. The van der Waals surface area contributed by atoms with Crippen LogP contribution in [0.1, 0.15) is 26.3 Å². The topological polar surface area (TPSA) is 0 Å². The summed E-state index contributed by atoms with van der Waals surface area (Å²) in [6.07, 6.45) is 0. The number of hydrogen-bond acceptors (Lipinski definition) is 1. The molecule has 0 nitrogen and oxygen atoms in total. The molecule has 0 aliphatic rings. The van der Waals surface area contributed by atoms with Crippen LogP contribution in [0.15, 0.2) is 164 Å². The van der Waals surface area contributed by atoms with E-state index in [4.69, 9.17) is 0 Å². The summed E-state index contributed by atoms with van der Waals surface area (Å²) in [5.74, 6) is 0. The van der Waals surface area contributed by atoms with Crippen molar-refractivity contribution >= 4 is 74.6 Å². The smallest absolute Gasteiger partial charge is 0.0434 e. The van der Waals surface area contributed by atoms with E-state index < -0.39 is 0 Å². The highest BCUT2D eigenvalue weighted by Gasteiger charge is 2.24. The van der Waals surface area contributed by atoms with Gasteiger partial charge in [0.25, 0.3) is 0 Å². The fraction of sp³-hybridized carbons (Fsp3) is 0.0800. The van der Waals surface area contributed by atoms with Gasteiger partial charge in [-0.15, -0.1) is 11.3 Å². The van der Waals surface area contributed by atoms with E-state index in [1.54, 1.807) is 0 Å². The predicted octanol–water partition coefficient (Wildman–Crippen LogP) is 15.0. The quantitative estimate of drug-likeness (QED) is 0.164. The summed E-state index contributed by atoms with van der Waals surface area (Å²) in [6, 6.07) is 60.9. The maximum atomic E-state index is 2.46. The number of rotatable bonds is 3. The third kappa shape index (κ3) is 4.58. The first-order valence-electron chi connectivity index (χ1n) is 17.9. The van der Waals surface area contributed by atoms with E-state index in [2.05, 4.69) is 185 Å². The Hall–Kier alpha value is -5.76. The van der Waals surface area contributed by atoms with Gasteiger partial charge in [0, 0.05) is 25.7 Å². The van der Waals surface area contributed by atoms with Gasteiger partial charge in [-0.05, 0) is 94.0 Å². The Morgan fingerprint density at radius 1 is 0.353 bits per heavy atom. The molecule has 242 valence electrons. The lowest BCUT2D eigenvalue weighted by Crippen LogP contribution is -2.13. The first kappa shape index (κ1) is 30.1. The molecule has 1 heteroatoms. The van der Waals surface area contributed by atoms with Gasteiger partial charge in [0.1, 0.15) is 0 Å². The minimum atomic E-state index is 0.00922. The molecule has 1 heterocycles. The van der Waals surface area contributed by atoms with Gasteiger partial charge < -0.3 is 0 Å². The van der Waals surface area contributed by atoms with Gasteiger partial charge in [0.2, 0.25) is 0 Å². The van der Waals surface area contributed by atoms with E-state index >= 15 is 0 Å². The van der Waals surface area contributed by atoms with Crippen molar-refractivity contribution in [3.05, 3.63) is 169 Å². The molecule has 0 aliphatic carbocycles. The van der Waals surface area contributed by atoms with Gasteiger partial charge in [-0.25, -0.2) is 0 Å². The van der Waals surface area contributed by atoms with Crippen LogP contribution in [0, 0.1) is 0 Å². The monoisotopic (exact) mass is 668 g/mol. The van der Waals surface area contributed by atoms with Crippen LogP contribution < -0.4 is 0 Å². The van der Waals surface area contributed by atoms with Crippen molar-refractivity contribution in [2.24, 2.45) is 0 Å². The van der Waals surface area contributed by atoms with Crippen molar-refractivity contribution in [3.63, 3.8) is 0 Å². The number of benzene rings is 9. The molecule has 0 saturated carbocycles. The highest BCUT2D eigenvalue weighted by Crippen LogP contribution is 2.49. The Labute approximate surface area is 302 Å². The molecule has 0 aliphatic heterocycles. The molecule has 0 unspecified atom stereocenters. The number of thiophene rings is 1. The fourth-order valence-corrected chi connectivity index (χ4v) is 9.94. The highest BCUT2D eigenvalue weighted by molar-refractivity contribution is 7.26. The standard InChI is InChI=1S/C50H36S/c1-50(2,3)48-39-24-13-11-22-37(39)46(38-23-12-14-25-40(38)48)32-28-29-44-43(30-32)41-26-15-27-42(49(41)51-44)47-35-20-9-7-18-33(35)45(31-16-5-4-6-17-31)34-19-8-10-21-36(34)47/h4-30H,1-3H3. The molecule has 10 rings (SSSR count). The molecule has 1 aromatic heterocycles. The molecule has 0 spiro atoms. The maximum absolute atomic E-state index is 2.46. The minimum absolute atomic E-state index is 0.00922. The first-order chi connectivity index (χ1) is 25.0. The lowest BCUT2D eigenvalue weighted by atomic mass is 9.78. The lowest BCUT2D eigenvalue weighted by Gasteiger charge is -2.26. The van der Waals surface area contributed by atoms with Gasteiger partial charge in [0.05, 0.1) is 0 Å². The van der Waals surface area contributed by atoms with Crippen molar-refractivity contribution in [1.82, 2.24) is 0 Å². The number of hydrogen-bond donors (Lipinski definition) is 0. The Morgan fingerprint density at radius 2 is 0.804 bits per heavy atom. The van der Waals surface area contributed by atoms with Gasteiger partial charge >= 0.3 is 0 Å². The minimum Gasteiger partial charge on any atom is -0.135 e. The molecular weight excluding hydrogens is 633 g/mol. The van der Waals surface area contributed by atoms with E-state index in [1.165, 1.54) is 102 Å². The molecule has 0 radical (unpaired) electrons. The molecule has 0 amide bonds. The largest absolute Gasteiger partial charge is 0.135 e. The highest BCUT2D eigenvalue weighted by atomic mass is 32.1. The van der Waals surface area contributed by atoms with Crippen LogP contribution in [0.5, 0.6) is 0 Å². The van der Waals surface area contributed by atoms with Crippen LogP contribution in [-0.2, 0) is 5.41 Å². The molecule has 0 fully saturated rings. The molecule has 0 bridgehead atoms. The van der Waals surface area contributed by atoms with Crippen molar-refractivity contribution < 1.29 is 0 Å². The molecule has 0 N–H and O–H groups in total. The van der Waals surface area contributed by atoms with Gasteiger partial charge in [-0.2, -0.15) is 0 Å². The molecular formula is C50H36S. The summed E-state index contributed by atoms with van der Waals surface area (Å²) in [5.41, 5.74) is 9.18. The molecule has 0 atom stereocenters. The Morgan fingerprint density at radius 3 is 1.35 bits per heavy atom. The van der Waals surface area contributed by atoms with Crippen molar-refractivity contribution in [2.75, 3.05) is 0 Å². The second-order valence-electron chi connectivity index (χ2n) is 14.8. The normalized spacial score (nSPS) is 12.2. The SMILES string of the molecule is CC(C)(C)c1c2ccccc2c(-c2ccc3sc4c(-c5c6ccccc6c(-c6ccccc6)c6ccccc56)cccc4c3c2)c2ccccc12. The fourth-order valence-electron chi connectivity index (χ4n) is 8.73. The van der Waals surface area contributed by atoms with E-state index in [9.17, 15) is 0 Å². The first-order valence-corrected chi connectivity index (χ1v) is 18.7. The average molecular weight is 669 g/mol. The number of fused-ring (bicyclic) bond motifs is 7. The van der Waals surface area contributed by atoms with Crippen molar-refractivity contribution in [3.8, 4) is 33.4 Å². The zero-order valence-electron chi connectivity index (χ0n) is 29.0. The molecule has 10 aromatic rings. The molecule has 9 aromatic carbocycles. The van der Waals surface area contributed by atoms with E-state index in [0.717, 1.165) is 0 Å². The third-order valence-electron chi connectivity index (χ3n) is 10.7. The van der Waals surface area contributed by atoms with Crippen molar-refractivity contribution in [1.29, 1.82) is 0 Å². The Kier molecular flexibility index (Phi) is 6.72. The summed E-state index contributed by atoms with van der Waals surface area (Å²) in [4.78, 5) is 0. The second kappa shape index (κ2) is 11.4. The summed E-state index contributed by atoms with van der Waals surface area (Å²) < 4.78 is 2.65. The third-order valence-corrected chi connectivity index (χ3v) is 12.0. The Balaban J connectivity index is 1.26. The second-order valence-corrected chi connectivity index (χ2v) is 15.8. The van der Waals surface area contributed by atoms with Gasteiger partial charge in [0.15, 0.2) is 0 Å². The van der Waals surface area contributed by atoms with Gasteiger partial charge in [-0.1, -0.05) is 172 Å². The zero-order chi connectivity index (χ0) is 34.3. The summed E-state index contributed by atoms with van der Waals surface area (Å²) in [7, 11) is 0. The summed E-state index contributed by atoms with van der Waals surface area (Å²) >= 11 is 1.92. The molecule has 51 heavy (non-hydrogen) atoms. The van der Waals surface area contributed by atoms with Crippen molar-refractivity contribution in [2.45, 2.75) is 26.2 Å². The van der Waals surface area contributed by atoms with Crippen LogP contribution in [0.25, 0.3) is 96.6 Å². The van der Waals surface area contributed by atoms with Crippen LogP contribution >= 0.6 is 11.3 Å². The van der Waals surface area contributed by atoms with Gasteiger partial charge in [-0.3, -0.25) is 0 Å². The Bertz CT molecular complexity index is 2880. The van der Waals surface area contributed by atoms with Crippen LogP contribution in [0.3, 0.4) is 0 Å². The van der Waals surface area contributed by atoms with Crippen LogP contribution in [0.4, 0.5) is 0 Å². The van der Waals surface area contributed by atoms with Crippen LogP contribution in [-0.4, -0.2) is 0 Å². The van der Waals surface area contributed by atoms with E-state index in [1.807, 2.05) is 11.3 Å². The summed E-state index contributed by atoms with van der Waals surface area (Å²) in [5, 5.41) is 13.1. The maximum Gasteiger partial charge on any atom is 0.0434 e. The van der Waals surface area contributed by atoms with E-state index in [0.29, 0.717) is 0 Å². The van der Waals surface area contributed by atoms with E-state index in [-0.39, 0.29) is 5.41 Å². The van der Waals surface area contributed by atoms with Crippen LogP contribution in [0.2, 0.25) is 0 Å². The zero-order valence-corrected chi connectivity index (χ0v) is 29.8. The molecule has 0 saturated heterocycles. The average Bonchev–Trinajstić information content (AvgIpc) is 3.54. The summed E-state index contributed by atoms with van der Waals surface area (Å²) in [6.45, 7) is 7.01.